The molecule has 2 heterocycles. The number of amides is 2. The minimum absolute atomic E-state index is 0.138. The molecule has 1 atom stereocenters. The number of hydrogen-bond donors (Lipinski definition) is 2. The Bertz CT molecular complexity index is 833. The maximum Gasteiger partial charge on any atom is 0.242 e. The van der Waals surface area contributed by atoms with Crippen molar-refractivity contribution in [3.05, 3.63) is 34.2 Å². The predicted octanol–water partition coefficient (Wildman–Crippen LogP) is 2.51. The highest BCUT2D eigenvalue weighted by Crippen LogP contribution is 2.32. The van der Waals surface area contributed by atoms with Crippen LogP contribution in [0.3, 0.4) is 0 Å². The van der Waals surface area contributed by atoms with Gasteiger partial charge in [-0.1, -0.05) is 13.0 Å². The molecule has 1 aromatic heterocycles. The molecule has 1 aromatic carbocycles. The lowest BCUT2D eigenvalue weighted by Gasteiger charge is -2.21. The molecule has 1 aliphatic heterocycles. The predicted molar refractivity (Wildman–Crippen MR) is 109 cm³/mol. The molecule has 0 spiro atoms. The standard InChI is InChI=1S/C20H26N4O2S/c1-4-8-21-20(26)13(2)22-19(25)11-24-9-7-16-10-15(5-6-18(16)24)17-12-27-14(3)23-17/h5-6,10,12-13H,4,7-9,11H2,1-3H3,(H,21,26)(H,22,25). The van der Waals surface area contributed by atoms with E-state index in [1.807, 2.05) is 13.8 Å². The van der Waals surface area contributed by atoms with E-state index in [2.05, 4.69) is 44.1 Å². The van der Waals surface area contributed by atoms with Crippen molar-refractivity contribution in [1.82, 2.24) is 15.6 Å². The first-order valence-electron chi connectivity index (χ1n) is 9.35. The molecule has 0 saturated carbocycles. The Kier molecular flexibility index (Phi) is 6.11. The van der Waals surface area contributed by atoms with Gasteiger partial charge in [0.15, 0.2) is 0 Å². The number of fused-ring (bicyclic) bond motifs is 1. The average Bonchev–Trinajstić information content (AvgIpc) is 3.25. The van der Waals surface area contributed by atoms with Crippen molar-refractivity contribution in [3.8, 4) is 11.3 Å². The molecule has 0 saturated heterocycles. The first-order chi connectivity index (χ1) is 13.0. The van der Waals surface area contributed by atoms with Gasteiger partial charge in [-0.2, -0.15) is 0 Å². The zero-order valence-corrected chi connectivity index (χ0v) is 16.9. The molecule has 144 valence electrons. The van der Waals surface area contributed by atoms with E-state index >= 15 is 0 Å². The van der Waals surface area contributed by atoms with Crippen LogP contribution in [-0.2, 0) is 16.0 Å². The summed E-state index contributed by atoms with van der Waals surface area (Å²) in [6.45, 7) is 7.40. The van der Waals surface area contributed by atoms with Crippen molar-refractivity contribution >= 4 is 28.8 Å². The summed E-state index contributed by atoms with van der Waals surface area (Å²) in [6, 6.07) is 5.77. The van der Waals surface area contributed by atoms with Crippen molar-refractivity contribution < 1.29 is 9.59 Å². The number of carbonyl (C=O) groups is 2. The summed E-state index contributed by atoms with van der Waals surface area (Å²) >= 11 is 1.65. The number of anilines is 1. The molecular weight excluding hydrogens is 360 g/mol. The van der Waals surface area contributed by atoms with Crippen molar-refractivity contribution in [1.29, 1.82) is 0 Å². The van der Waals surface area contributed by atoms with Gasteiger partial charge in [-0.25, -0.2) is 4.98 Å². The topological polar surface area (TPSA) is 74.3 Å². The number of hydrogen-bond acceptors (Lipinski definition) is 5. The van der Waals surface area contributed by atoms with E-state index in [4.69, 9.17) is 0 Å². The van der Waals surface area contributed by atoms with Gasteiger partial charge in [0, 0.05) is 29.7 Å². The molecule has 0 bridgehead atoms. The number of thiazole rings is 1. The Morgan fingerprint density at radius 1 is 1.37 bits per heavy atom. The van der Waals surface area contributed by atoms with Crippen LogP contribution in [0.1, 0.15) is 30.8 Å². The lowest BCUT2D eigenvalue weighted by atomic mass is 10.1. The fourth-order valence-electron chi connectivity index (χ4n) is 3.22. The maximum atomic E-state index is 12.3. The number of rotatable bonds is 7. The quantitative estimate of drug-likeness (QED) is 0.767. The Hall–Kier alpha value is -2.41. The normalized spacial score (nSPS) is 14.0. The largest absolute Gasteiger partial charge is 0.362 e. The van der Waals surface area contributed by atoms with Gasteiger partial charge in [-0.3, -0.25) is 9.59 Å². The number of benzene rings is 1. The molecule has 0 aliphatic carbocycles. The molecule has 27 heavy (non-hydrogen) atoms. The minimum atomic E-state index is -0.526. The van der Waals surface area contributed by atoms with Gasteiger partial charge in [0.2, 0.25) is 11.8 Å². The molecule has 7 heteroatoms. The first-order valence-corrected chi connectivity index (χ1v) is 10.2. The Morgan fingerprint density at radius 2 is 2.19 bits per heavy atom. The van der Waals surface area contributed by atoms with E-state index in [9.17, 15) is 9.59 Å². The molecule has 3 rings (SSSR count). The van der Waals surface area contributed by atoms with Crippen LogP contribution in [0.25, 0.3) is 11.3 Å². The van der Waals surface area contributed by atoms with E-state index in [-0.39, 0.29) is 18.4 Å². The Morgan fingerprint density at radius 3 is 2.89 bits per heavy atom. The third-order valence-corrected chi connectivity index (χ3v) is 5.41. The number of aryl methyl sites for hydroxylation is 1. The molecule has 2 N–H and O–H groups in total. The number of nitrogens with zero attached hydrogens (tertiary/aromatic N) is 2. The molecule has 2 amide bonds. The molecule has 1 unspecified atom stereocenters. The second-order valence-electron chi connectivity index (χ2n) is 6.85. The Balaban J connectivity index is 1.60. The summed E-state index contributed by atoms with van der Waals surface area (Å²) < 4.78 is 0. The van der Waals surface area contributed by atoms with Crippen LogP contribution < -0.4 is 15.5 Å². The number of nitrogens with one attached hydrogen (secondary N) is 2. The third-order valence-electron chi connectivity index (χ3n) is 4.64. The molecular formula is C20H26N4O2S. The van der Waals surface area contributed by atoms with Crippen LogP contribution in [0.2, 0.25) is 0 Å². The van der Waals surface area contributed by atoms with Crippen molar-refractivity contribution in [2.45, 2.75) is 39.7 Å². The fraction of sp³-hybridized carbons (Fsp3) is 0.450. The van der Waals surface area contributed by atoms with Gasteiger partial charge < -0.3 is 15.5 Å². The van der Waals surface area contributed by atoms with Crippen LogP contribution in [0.15, 0.2) is 23.6 Å². The summed E-state index contributed by atoms with van der Waals surface area (Å²) in [5.41, 5.74) is 4.44. The Labute approximate surface area is 164 Å². The van der Waals surface area contributed by atoms with Crippen molar-refractivity contribution in [3.63, 3.8) is 0 Å². The zero-order valence-electron chi connectivity index (χ0n) is 16.0. The summed E-state index contributed by atoms with van der Waals surface area (Å²) in [5.74, 6) is -0.281. The first kappa shape index (κ1) is 19.4. The highest BCUT2D eigenvalue weighted by Gasteiger charge is 2.23. The summed E-state index contributed by atoms with van der Waals surface area (Å²) in [5, 5.41) is 8.71. The second-order valence-corrected chi connectivity index (χ2v) is 7.91. The van der Waals surface area contributed by atoms with Crippen molar-refractivity contribution in [2.24, 2.45) is 0 Å². The number of aromatic nitrogens is 1. The van der Waals surface area contributed by atoms with Crippen LogP contribution >= 0.6 is 11.3 Å². The average molecular weight is 387 g/mol. The fourth-order valence-corrected chi connectivity index (χ4v) is 3.84. The van der Waals surface area contributed by atoms with Crippen LogP contribution in [0.4, 0.5) is 5.69 Å². The van der Waals surface area contributed by atoms with E-state index in [0.29, 0.717) is 6.54 Å². The monoisotopic (exact) mass is 386 g/mol. The van der Waals surface area contributed by atoms with Gasteiger partial charge in [-0.15, -0.1) is 11.3 Å². The van der Waals surface area contributed by atoms with Crippen LogP contribution in [0, 0.1) is 6.92 Å². The van der Waals surface area contributed by atoms with Gasteiger partial charge in [-0.05, 0) is 44.4 Å². The summed E-state index contributed by atoms with van der Waals surface area (Å²) in [6.07, 6.45) is 1.78. The van der Waals surface area contributed by atoms with E-state index in [1.54, 1.807) is 18.3 Å². The molecule has 6 nitrogen and oxygen atoms in total. The van der Waals surface area contributed by atoms with Gasteiger partial charge in [0.1, 0.15) is 6.04 Å². The van der Waals surface area contributed by atoms with Gasteiger partial charge >= 0.3 is 0 Å². The summed E-state index contributed by atoms with van der Waals surface area (Å²) in [4.78, 5) is 30.9. The second kappa shape index (κ2) is 8.52. The maximum absolute atomic E-state index is 12.3. The van der Waals surface area contributed by atoms with E-state index < -0.39 is 6.04 Å². The van der Waals surface area contributed by atoms with Crippen molar-refractivity contribution in [2.75, 3.05) is 24.5 Å². The van der Waals surface area contributed by atoms with Gasteiger partial charge in [0.25, 0.3) is 0 Å². The van der Waals surface area contributed by atoms with Crippen LogP contribution in [0.5, 0.6) is 0 Å². The SMILES string of the molecule is CCCNC(=O)C(C)NC(=O)CN1CCc2cc(-c3csc(C)n3)ccc21. The van der Waals surface area contributed by atoms with Crippen LogP contribution in [-0.4, -0.2) is 42.5 Å². The minimum Gasteiger partial charge on any atom is -0.362 e. The molecule has 2 aromatic rings. The molecule has 0 radical (unpaired) electrons. The van der Waals surface area contributed by atoms with E-state index in [0.717, 1.165) is 41.3 Å². The van der Waals surface area contributed by atoms with E-state index in [1.165, 1.54) is 5.56 Å². The molecule has 1 aliphatic rings. The third kappa shape index (κ3) is 4.66. The molecule has 0 fully saturated rings. The number of carbonyl (C=O) groups excluding carboxylic acids is 2. The van der Waals surface area contributed by atoms with Gasteiger partial charge in [0.05, 0.1) is 17.2 Å². The lowest BCUT2D eigenvalue weighted by Crippen LogP contribution is -2.48. The lowest BCUT2D eigenvalue weighted by molar-refractivity contribution is -0.127. The highest BCUT2D eigenvalue weighted by molar-refractivity contribution is 7.09. The smallest absolute Gasteiger partial charge is 0.242 e. The highest BCUT2D eigenvalue weighted by atomic mass is 32.1. The zero-order chi connectivity index (χ0) is 19.4. The summed E-state index contributed by atoms with van der Waals surface area (Å²) in [7, 11) is 0.